The molecule has 60 heavy (non-hydrogen) atoms. The van der Waals surface area contributed by atoms with E-state index in [1.807, 2.05) is 97.1 Å². The van der Waals surface area contributed by atoms with E-state index in [-0.39, 0.29) is 0 Å². The molecular formula is C58H42O2. The molecular weight excluding hydrogens is 729 g/mol. The van der Waals surface area contributed by atoms with Crippen LogP contribution in [-0.4, -0.2) is 0 Å². The third-order valence-electron chi connectivity index (χ3n) is 10.5. The van der Waals surface area contributed by atoms with Crippen LogP contribution < -0.4 is 9.47 Å². The van der Waals surface area contributed by atoms with E-state index in [1.165, 1.54) is 43.8 Å². The van der Waals surface area contributed by atoms with Gasteiger partial charge in [0, 0.05) is 21.5 Å². The number of para-hydroxylation sites is 2. The van der Waals surface area contributed by atoms with Crippen LogP contribution in [0.15, 0.2) is 255 Å². The van der Waals surface area contributed by atoms with Crippen molar-refractivity contribution in [2.45, 2.75) is 0 Å². The van der Waals surface area contributed by atoms with Gasteiger partial charge in [-0.25, -0.2) is 0 Å². The summed E-state index contributed by atoms with van der Waals surface area (Å²) in [7, 11) is 0. The van der Waals surface area contributed by atoms with Crippen LogP contribution in [0, 0.1) is 0 Å². The van der Waals surface area contributed by atoms with E-state index in [0.717, 1.165) is 44.5 Å². The van der Waals surface area contributed by atoms with Crippen LogP contribution >= 0.6 is 0 Å². The second-order valence-electron chi connectivity index (χ2n) is 14.3. The molecule has 0 fully saturated rings. The van der Waals surface area contributed by atoms with Crippen molar-refractivity contribution in [2.75, 3.05) is 0 Å². The molecule has 0 aromatic heterocycles. The molecule has 0 unspecified atom stereocenters. The summed E-state index contributed by atoms with van der Waals surface area (Å²) in [5, 5.41) is 9.30. The van der Waals surface area contributed by atoms with Gasteiger partial charge >= 0.3 is 0 Å². The van der Waals surface area contributed by atoms with Crippen LogP contribution in [0.25, 0.3) is 65.3 Å². The smallest absolute Gasteiger partial charge is 0.143 e. The molecule has 0 amide bonds. The summed E-state index contributed by atoms with van der Waals surface area (Å²) < 4.78 is 12.8. The lowest BCUT2D eigenvalue weighted by atomic mass is 9.91. The Labute approximate surface area is 351 Å². The van der Waals surface area contributed by atoms with Crippen molar-refractivity contribution in [3.63, 3.8) is 0 Å². The van der Waals surface area contributed by atoms with Crippen molar-refractivity contribution in [1.82, 2.24) is 0 Å². The first-order valence-electron chi connectivity index (χ1n) is 20.3. The van der Waals surface area contributed by atoms with Crippen LogP contribution in [0.2, 0.25) is 0 Å². The normalized spacial score (nSPS) is 10.7. The molecule has 0 bridgehead atoms. The highest BCUT2D eigenvalue weighted by Gasteiger charge is 2.18. The van der Waals surface area contributed by atoms with Gasteiger partial charge in [0.25, 0.3) is 0 Å². The minimum Gasteiger partial charge on any atom is -0.456 e. The highest BCUT2D eigenvalue weighted by atomic mass is 16.5. The van der Waals surface area contributed by atoms with E-state index in [0.29, 0.717) is 0 Å². The molecule has 11 rings (SSSR count). The summed E-state index contributed by atoms with van der Waals surface area (Å²) in [6.45, 7) is 0. The SMILES string of the molecule is c1ccc(Oc2c3ccccc3c(-c3ccccc3)c3ccccc23)cc1.c1ccc(Oc2c3ccccc3c(-c3ccccc3)c3ccccc23)cc1.c1ccccc1. The molecule has 11 aromatic carbocycles. The molecule has 286 valence electrons. The zero-order chi connectivity index (χ0) is 40.4. The fraction of sp³-hybridized carbons (Fsp3) is 0. The molecule has 0 aliphatic rings. The van der Waals surface area contributed by atoms with Gasteiger partial charge in [0.15, 0.2) is 0 Å². The second kappa shape index (κ2) is 18.1. The maximum Gasteiger partial charge on any atom is 0.143 e. The lowest BCUT2D eigenvalue weighted by Gasteiger charge is -2.17. The van der Waals surface area contributed by atoms with Gasteiger partial charge < -0.3 is 9.47 Å². The van der Waals surface area contributed by atoms with E-state index in [9.17, 15) is 0 Å². The summed E-state index contributed by atoms with van der Waals surface area (Å²) in [5.41, 5.74) is 4.94. The molecule has 0 heterocycles. The summed E-state index contributed by atoms with van der Waals surface area (Å²) >= 11 is 0. The highest BCUT2D eigenvalue weighted by molar-refractivity contribution is 6.18. The Kier molecular flexibility index (Phi) is 11.4. The first-order valence-corrected chi connectivity index (χ1v) is 20.3. The van der Waals surface area contributed by atoms with Gasteiger partial charge in [0.1, 0.15) is 23.0 Å². The Morgan fingerprint density at radius 3 is 0.650 bits per heavy atom. The van der Waals surface area contributed by atoms with Crippen molar-refractivity contribution < 1.29 is 9.47 Å². The molecule has 0 aliphatic carbocycles. The average Bonchev–Trinajstić information content (AvgIpc) is 3.34. The molecule has 0 atom stereocenters. The lowest BCUT2D eigenvalue weighted by molar-refractivity contribution is 0.493. The molecule has 0 aliphatic heterocycles. The third kappa shape index (κ3) is 8.09. The zero-order valence-corrected chi connectivity index (χ0v) is 33.1. The van der Waals surface area contributed by atoms with E-state index < -0.39 is 0 Å². The van der Waals surface area contributed by atoms with Crippen LogP contribution in [0.5, 0.6) is 23.0 Å². The standard InChI is InChI=1S/2C26H18O.C6H6/c2*1-3-11-19(12-4-1)25-21-15-7-9-17-23(21)26(24-18-10-8-16-22(24)25)27-20-13-5-2-6-14-20;1-2-4-6-5-3-1/h2*1-18H;1-6H. The van der Waals surface area contributed by atoms with Crippen molar-refractivity contribution >= 4 is 43.1 Å². The topological polar surface area (TPSA) is 18.5 Å². The van der Waals surface area contributed by atoms with Gasteiger partial charge in [-0.2, -0.15) is 0 Å². The maximum absolute atomic E-state index is 6.40. The van der Waals surface area contributed by atoms with E-state index >= 15 is 0 Å². The van der Waals surface area contributed by atoms with Crippen LogP contribution in [0.3, 0.4) is 0 Å². The number of hydrogen-bond acceptors (Lipinski definition) is 2. The molecule has 0 saturated heterocycles. The zero-order valence-electron chi connectivity index (χ0n) is 33.1. The number of rotatable bonds is 6. The predicted octanol–water partition coefficient (Wildman–Crippen LogP) is 16.6. The van der Waals surface area contributed by atoms with Crippen LogP contribution in [-0.2, 0) is 0 Å². The maximum atomic E-state index is 6.40. The number of fused-ring (bicyclic) bond motifs is 4. The fourth-order valence-corrected chi connectivity index (χ4v) is 7.83. The van der Waals surface area contributed by atoms with Crippen molar-refractivity contribution in [2.24, 2.45) is 0 Å². The predicted molar refractivity (Wildman–Crippen MR) is 253 cm³/mol. The van der Waals surface area contributed by atoms with Crippen LogP contribution in [0.4, 0.5) is 0 Å². The Balaban J connectivity index is 0.000000135. The first kappa shape index (κ1) is 37.6. The van der Waals surface area contributed by atoms with Gasteiger partial charge in [0.05, 0.1) is 0 Å². The summed E-state index contributed by atoms with van der Waals surface area (Å²) in [5.74, 6) is 3.51. The molecule has 0 saturated carbocycles. The molecule has 2 nitrogen and oxygen atoms in total. The largest absolute Gasteiger partial charge is 0.456 e. The summed E-state index contributed by atoms with van der Waals surface area (Å²) in [6.07, 6.45) is 0. The van der Waals surface area contributed by atoms with Gasteiger partial charge in [-0.1, -0.05) is 231 Å². The van der Waals surface area contributed by atoms with Gasteiger partial charge in [-0.05, 0) is 68.1 Å². The second-order valence-corrected chi connectivity index (χ2v) is 14.3. The van der Waals surface area contributed by atoms with Crippen molar-refractivity contribution in [1.29, 1.82) is 0 Å². The highest BCUT2D eigenvalue weighted by Crippen LogP contribution is 2.46. The fourth-order valence-electron chi connectivity index (χ4n) is 7.83. The van der Waals surface area contributed by atoms with E-state index in [2.05, 4.69) is 158 Å². The van der Waals surface area contributed by atoms with Crippen molar-refractivity contribution in [3.8, 4) is 45.3 Å². The molecule has 11 aromatic rings. The number of benzene rings is 11. The minimum absolute atomic E-state index is 0.847. The first-order chi connectivity index (χ1) is 29.8. The molecule has 0 N–H and O–H groups in total. The Morgan fingerprint density at radius 2 is 0.383 bits per heavy atom. The van der Waals surface area contributed by atoms with Gasteiger partial charge in [0.2, 0.25) is 0 Å². The number of ether oxygens (including phenoxy) is 2. The Bertz CT molecular complexity index is 2770. The number of hydrogen-bond donors (Lipinski definition) is 0. The van der Waals surface area contributed by atoms with E-state index in [1.54, 1.807) is 0 Å². The summed E-state index contributed by atoms with van der Waals surface area (Å²) in [6, 6.07) is 87.1. The lowest BCUT2D eigenvalue weighted by Crippen LogP contribution is -1.91. The Morgan fingerprint density at radius 1 is 0.183 bits per heavy atom. The van der Waals surface area contributed by atoms with Gasteiger partial charge in [-0.3, -0.25) is 0 Å². The summed E-state index contributed by atoms with van der Waals surface area (Å²) in [4.78, 5) is 0. The van der Waals surface area contributed by atoms with Crippen LogP contribution in [0.1, 0.15) is 0 Å². The quantitative estimate of drug-likeness (QED) is 0.157. The minimum atomic E-state index is 0.847. The Hall–Kier alpha value is -7.94. The third-order valence-corrected chi connectivity index (χ3v) is 10.5. The molecule has 0 spiro atoms. The van der Waals surface area contributed by atoms with Gasteiger partial charge in [-0.15, -0.1) is 0 Å². The van der Waals surface area contributed by atoms with E-state index in [4.69, 9.17) is 9.47 Å². The monoisotopic (exact) mass is 770 g/mol. The average molecular weight is 771 g/mol. The van der Waals surface area contributed by atoms with Crippen molar-refractivity contribution in [3.05, 3.63) is 255 Å². The molecule has 0 radical (unpaired) electrons. The molecule has 2 heteroatoms.